The van der Waals surface area contributed by atoms with Crippen molar-refractivity contribution in [2.24, 2.45) is 5.10 Å². The molecule has 4 nitrogen and oxygen atoms in total. The first-order valence-corrected chi connectivity index (χ1v) is 9.55. The van der Waals surface area contributed by atoms with Crippen molar-refractivity contribution in [1.82, 2.24) is 0 Å². The molecule has 1 heterocycles. The first-order valence-electron chi connectivity index (χ1n) is 9.55. The molecule has 0 atom stereocenters. The normalized spacial score (nSPS) is 15.0. The third-order valence-electron chi connectivity index (χ3n) is 4.78. The fraction of sp³-hybridized carbons (Fsp3) is 0.120. The molecule has 0 radical (unpaired) electrons. The number of anilines is 1. The Balaban J connectivity index is 1.45. The SMILES string of the molecule is CC1=NN(c2ccccc2)C(=O)/C1=C\c1ccc(OCc2ccc(C)cc2)cc1. The molecule has 3 aromatic rings. The molecule has 144 valence electrons. The third kappa shape index (κ3) is 4.27. The van der Waals surface area contributed by atoms with E-state index in [-0.39, 0.29) is 5.91 Å². The van der Waals surface area contributed by atoms with Crippen LogP contribution >= 0.6 is 0 Å². The zero-order valence-corrected chi connectivity index (χ0v) is 16.5. The second kappa shape index (κ2) is 8.15. The predicted molar refractivity (Wildman–Crippen MR) is 117 cm³/mol. The minimum absolute atomic E-state index is 0.117. The Morgan fingerprint density at radius 1 is 0.897 bits per heavy atom. The van der Waals surface area contributed by atoms with Gasteiger partial charge in [-0.15, -0.1) is 0 Å². The summed E-state index contributed by atoms with van der Waals surface area (Å²) in [6, 6.07) is 25.5. The van der Waals surface area contributed by atoms with E-state index in [0.717, 1.165) is 22.6 Å². The van der Waals surface area contributed by atoms with Crippen LogP contribution in [0.4, 0.5) is 5.69 Å². The molecule has 0 aliphatic carbocycles. The maximum Gasteiger partial charge on any atom is 0.280 e. The average Bonchev–Trinajstić information content (AvgIpc) is 3.03. The number of ether oxygens (including phenoxy) is 1. The number of hydrazone groups is 1. The highest BCUT2D eigenvalue weighted by atomic mass is 16.5. The van der Waals surface area contributed by atoms with Crippen LogP contribution in [-0.4, -0.2) is 11.6 Å². The third-order valence-corrected chi connectivity index (χ3v) is 4.78. The van der Waals surface area contributed by atoms with Gasteiger partial charge in [0.2, 0.25) is 0 Å². The van der Waals surface area contributed by atoms with Crippen LogP contribution in [-0.2, 0) is 11.4 Å². The number of rotatable bonds is 5. The molecule has 0 saturated heterocycles. The first kappa shape index (κ1) is 18.7. The van der Waals surface area contributed by atoms with E-state index in [2.05, 4.69) is 36.3 Å². The minimum atomic E-state index is -0.117. The lowest BCUT2D eigenvalue weighted by molar-refractivity contribution is -0.114. The molecule has 1 amide bonds. The molecule has 1 aliphatic rings. The van der Waals surface area contributed by atoms with Gasteiger partial charge in [-0.2, -0.15) is 10.1 Å². The predicted octanol–water partition coefficient (Wildman–Crippen LogP) is 5.38. The number of para-hydroxylation sites is 1. The van der Waals surface area contributed by atoms with E-state index >= 15 is 0 Å². The van der Waals surface area contributed by atoms with Gasteiger partial charge in [0.15, 0.2) is 0 Å². The molecular weight excluding hydrogens is 360 g/mol. The van der Waals surface area contributed by atoms with Crippen molar-refractivity contribution in [1.29, 1.82) is 0 Å². The van der Waals surface area contributed by atoms with Crippen LogP contribution in [0, 0.1) is 6.92 Å². The smallest absolute Gasteiger partial charge is 0.280 e. The summed E-state index contributed by atoms with van der Waals surface area (Å²) >= 11 is 0. The number of hydrogen-bond donors (Lipinski definition) is 0. The molecule has 0 saturated carbocycles. The molecule has 4 rings (SSSR count). The van der Waals surface area contributed by atoms with Crippen LogP contribution in [0.15, 0.2) is 89.5 Å². The topological polar surface area (TPSA) is 41.9 Å². The van der Waals surface area contributed by atoms with E-state index in [4.69, 9.17) is 4.74 Å². The summed E-state index contributed by atoms with van der Waals surface area (Å²) in [4.78, 5) is 12.8. The highest BCUT2D eigenvalue weighted by molar-refractivity contribution is 6.32. The summed E-state index contributed by atoms with van der Waals surface area (Å²) in [5.74, 6) is 0.676. The van der Waals surface area contributed by atoms with Gasteiger partial charge in [0.1, 0.15) is 12.4 Å². The Kier molecular flexibility index (Phi) is 5.25. The lowest BCUT2D eigenvalue weighted by Gasteiger charge is -2.11. The van der Waals surface area contributed by atoms with Crippen molar-refractivity contribution in [3.8, 4) is 5.75 Å². The summed E-state index contributed by atoms with van der Waals surface area (Å²) < 4.78 is 5.85. The van der Waals surface area contributed by atoms with E-state index < -0.39 is 0 Å². The van der Waals surface area contributed by atoms with Crippen molar-refractivity contribution in [2.75, 3.05) is 5.01 Å². The van der Waals surface area contributed by atoms with Crippen LogP contribution in [0.1, 0.15) is 23.6 Å². The number of nitrogens with zero attached hydrogens (tertiary/aromatic N) is 2. The monoisotopic (exact) mass is 382 g/mol. The minimum Gasteiger partial charge on any atom is -0.489 e. The van der Waals surface area contributed by atoms with Crippen LogP contribution in [0.3, 0.4) is 0 Å². The van der Waals surface area contributed by atoms with Crippen LogP contribution in [0.5, 0.6) is 5.75 Å². The molecule has 1 aliphatic heterocycles. The van der Waals surface area contributed by atoms with Gasteiger partial charge >= 0.3 is 0 Å². The molecule has 0 N–H and O–H groups in total. The van der Waals surface area contributed by atoms with Gasteiger partial charge in [-0.1, -0.05) is 60.2 Å². The summed E-state index contributed by atoms with van der Waals surface area (Å²) in [6.45, 7) is 4.45. The van der Waals surface area contributed by atoms with Crippen LogP contribution < -0.4 is 9.75 Å². The highest BCUT2D eigenvalue weighted by Crippen LogP contribution is 2.25. The van der Waals surface area contributed by atoms with Gasteiger partial charge in [-0.05, 0) is 55.3 Å². The zero-order valence-electron chi connectivity index (χ0n) is 16.5. The molecular formula is C25H22N2O2. The van der Waals surface area contributed by atoms with Crippen molar-refractivity contribution in [3.05, 3.63) is 101 Å². The maximum atomic E-state index is 12.8. The maximum absolute atomic E-state index is 12.8. The molecule has 0 spiro atoms. The fourth-order valence-electron chi connectivity index (χ4n) is 3.11. The molecule has 29 heavy (non-hydrogen) atoms. The van der Waals surface area contributed by atoms with E-state index in [9.17, 15) is 4.79 Å². The van der Waals surface area contributed by atoms with E-state index in [0.29, 0.717) is 17.9 Å². The molecule has 4 heteroatoms. The van der Waals surface area contributed by atoms with Gasteiger partial charge < -0.3 is 4.74 Å². The Labute approximate surface area is 170 Å². The number of amides is 1. The second-order valence-corrected chi connectivity index (χ2v) is 7.04. The summed E-state index contributed by atoms with van der Waals surface area (Å²) in [7, 11) is 0. The Hall–Kier alpha value is -3.66. The number of hydrogen-bond acceptors (Lipinski definition) is 3. The van der Waals surface area contributed by atoms with Crippen molar-refractivity contribution in [2.45, 2.75) is 20.5 Å². The van der Waals surface area contributed by atoms with Crippen molar-refractivity contribution < 1.29 is 9.53 Å². The summed E-state index contributed by atoms with van der Waals surface area (Å²) in [5.41, 5.74) is 5.37. The molecule has 0 unspecified atom stereocenters. The van der Waals surface area contributed by atoms with E-state index in [1.54, 1.807) is 0 Å². The second-order valence-electron chi connectivity index (χ2n) is 7.04. The summed E-state index contributed by atoms with van der Waals surface area (Å²) in [5, 5.41) is 5.86. The lowest BCUT2D eigenvalue weighted by Crippen LogP contribution is -2.21. The lowest BCUT2D eigenvalue weighted by atomic mass is 10.1. The van der Waals surface area contributed by atoms with Gasteiger partial charge in [0.05, 0.1) is 17.0 Å². The molecule has 0 aromatic heterocycles. The standard InChI is InChI=1S/C25H22N2O2/c1-18-8-10-21(11-9-18)17-29-23-14-12-20(13-15-23)16-24-19(2)26-27(25(24)28)22-6-4-3-5-7-22/h3-16H,17H2,1-2H3/b24-16-. The van der Waals surface area contributed by atoms with Crippen molar-refractivity contribution >= 4 is 23.4 Å². The van der Waals surface area contributed by atoms with Gasteiger partial charge in [0.25, 0.3) is 5.91 Å². The van der Waals surface area contributed by atoms with Gasteiger partial charge in [-0.3, -0.25) is 4.79 Å². The quantitative estimate of drug-likeness (QED) is 0.556. The average molecular weight is 382 g/mol. The number of carbonyl (C=O) groups is 1. The first-order chi connectivity index (χ1) is 14.1. The molecule has 0 fully saturated rings. The van der Waals surface area contributed by atoms with Crippen LogP contribution in [0.25, 0.3) is 6.08 Å². The van der Waals surface area contributed by atoms with E-state index in [1.165, 1.54) is 10.6 Å². The van der Waals surface area contributed by atoms with Crippen LogP contribution in [0.2, 0.25) is 0 Å². The molecule has 3 aromatic carbocycles. The highest BCUT2D eigenvalue weighted by Gasteiger charge is 2.28. The Morgan fingerprint density at radius 2 is 1.59 bits per heavy atom. The van der Waals surface area contributed by atoms with Crippen molar-refractivity contribution in [3.63, 3.8) is 0 Å². The number of carbonyl (C=O) groups excluding carboxylic acids is 1. The van der Waals surface area contributed by atoms with Gasteiger partial charge in [0, 0.05) is 0 Å². The summed E-state index contributed by atoms with van der Waals surface area (Å²) in [6.07, 6.45) is 1.87. The zero-order chi connectivity index (χ0) is 20.2. The molecule has 0 bridgehead atoms. The largest absolute Gasteiger partial charge is 0.489 e. The number of aryl methyl sites for hydroxylation is 1. The Morgan fingerprint density at radius 3 is 2.28 bits per heavy atom. The van der Waals surface area contributed by atoms with E-state index in [1.807, 2.05) is 67.6 Å². The fourth-order valence-corrected chi connectivity index (χ4v) is 3.11. The number of benzene rings is 3. The Bertz CT molecular complexity index is 1070. The van der Waals surface area contributed by atoms with Gasteiger partial charge in [-0.25, -0.2) is 0 Å².